The van der Waals surface area contributed by atoms with Crippen molar-refractivity contribution in [2.24, 2.45) is 11.8 Å². The number of rotatable bonds is 5. The fourth-order valence-corrected chi connectivity index (χ4v) is 3.76. The van der Waals surface area contributed by atoms with Crippen LogP contribution in [-0.4, -0.2) is 40.6 Å². The first kappa shape index (κ1) is 16.1. The predicted molar refractivity (Wildman–Crippen MR) is 81.1 cm³/mol. The van der Waals surface area contributed by atoms with Gasteiger partial charge in [0.15, 0.2) is 0 Å². The van der Waals surface area contributed by atoms with Gasteiger partial charge in [0.1, 0.15) is 0 Å². The Bertz CT molecular complexity index is 378. The lowest BCUT2D eigenvalue weighted by atomic mass is 9.96. The number of nitrogens with zero attached hydrogens (tertiary/aromatic N) is 1. The van der Waals surface area contributed by atoms with Gasteiger partial charge in [-0.05, 0) is 37.5 Å². The lowest BCUT2D eigenvalue weighted by Gasteiger charge is -2.32. The largest absolute Gasteiger partial charge is 0.481 e. The lowest BCUT2D eigenvalue weighted by molar-refractivity contribution is -0.137. The summed E-state index contributed by atoms with van der Waals surface area (Å²) < 4.78 is 0. The van der Waals surface area contributed by atoms with E-state index < -0.39 is 5.97 Å². The summed E-state index contributed by atoms with van der Waals surface area (Å²) in [4.78, 5) is 25.4. The summed E-state index contributed by atoms with van der Waals surface area (Å²) in [5, 5.41) is 11.9. The Hall–Kier alpha value is -1.26. The number of aliphatic carboxylic acids is 1. The van der Waals surface area contributed by atoms with Gasteiger partial charge in [-0.3, -0.25) is 4.79 Å². The first-order valence-corrected chi connectivity index (χ1v) is 8.28. The number of carbonyl (C=O) groups is 2. The van der Waals surface area contributed by atoms with Crippen molar-refractivity contribution in [1.29, 1.82) is 0 Å². The topological polar surface area (TPSA) is 69.6 Å². The number of nitrogens with one attached hydrogen (secondary N) is 1. The summed E-state index contributed by atoms with van der Waals surface area (Å²) >= 11 is 0. The molecular weight excluding hydrogens is 268 g/mol. The van der Waals surface area contributed by atoms with E-state index in [1.807, 2.05) is 18.7 Å². The van der Waals surface area contributed by atoms with Gasteiger partial charge in [-0.25, -0.2) is 4.79 Å². The summed E-state index contributed by atoms with van der Waals surface area (Å²) in [6.07, 6.45) is 7.19. The summed E-state index contributed by atoms with van der Waals surface area (Å²) in [5.74, 6) is -0.0874. The maximum atomic E-state index is 12.5. The van der Waals surface area contributed by atoms with E-state index in [1.165, 1.54) is 25.7 Å². The van der Waals surface area contributed by atoms with Crippen molar-refractivity contribution in [3.05, 3.63) is 0 Å². The smallest absolute Gasteiger partial charge is 0.317 e. The van der Waals surface area contributed by atoms with Crippen LogP contribution in [0.15, 0.2) is 0 Å². The maximum Gasteiger partial charge on any atom is 0.317 e. The van der Waals surface area contributed by atoms with Crippen molar-refractivity contribution in [2.75, 3.05) is 6.54 Å². The third-order valence-electron chi connectivity index (χ3n) is 5.01. The Morgan fingerprint density at radius 2 is 1.86 bits per heavy atom. The van der Waals surface area contributed by atoms with Crippen LogP contribution >= 0.6 is 0 Å². The first-order chi connectivity index (χ1) is 9.99. The number of carbonyl (C=O) groups excluding carboxylic acids is 1. The van der Waals surface area contributed by atoms with Crippen LogP contribution in [0.3, 0.4) is 0 Å². The molecule has 0 radical (unpaired) electrons. The van der Waals surface area contributed by atoms with Crippen LogP contribution < -0.4 is 5.32 Å². The Morgan fingerprint density at radius 1 is 1.19 bits per heavy atom. The quantitative estimate of drug-likeness (QED) is 0.819. The molecule has 2 rings (SSSR count). The molecule has 2 atom stereocenters. The van der Waals surface area contributed by atoms with Crippen molar-refractivity contribution < 1.29 is 14.7 Å². The summed E-state index contributed by atoms with van der Waals surface area (Å²) in [7, 11) is 0. The highest BCUT2D eigenvalue weighted by molar-refractivity contribution is 5.76. The van der Waals surface area contributed by atoms with Crippen molar-refractivity contribution in [3.8, 4) is 0 Å². The van der Waals surface area contributed by atoms with Gasteiger partial charge in [0.25, 0.3) is 0 Å². The van der Waals surface area contributed by atoms with Crippen LogP contribution in [0.4, 0.5) is 4.79 Å². The van der Waals surface area contributed by atoms with Gasteiger partial charge in [0.05, 0.1) is 6.42 Å². The standard InChI is InChI=1S/C16H28N2O3/c1-11(2)13(10-15(19)20)17-16(21)18-9-5-8-14(18)12-6-3-4-7-12/h11-14H,3-10H2,1-2H3,(H,17,21)(H,19,20). The fraction of sp³-hybridized carbons (Fsp3) is 0.875. The van der Waals surface area contributed by atoms with Gasteiger partial charge in [-0.1, -0.05) is 26.7 Å². The monoisotopic (exact) mass is 296 g/mol. The van der Waals surface area contributed by atoms with Gasteiger partial charge >= 0.3 is 12.0 Å². The second kappa shape index (κ2) is 7.14. The molecule has 120 valence electrons. The molecule has 0 aromatic heterocycles. The zero-order chi connectivity index (χ0) is 15.4. The molecular formula is C16H28N2O3. The highest BCUT2D eigenvalue weighted by Crippen LogP contribution is 2.35. The molecule has 0 aromatic rings. The zero-order valence-electron chi connectivity index (χ0n) is 13.2. The van der Waals surface area contributed by atoms with E-state index in [0.29, 0.717) is 12.0 Å². The van der Waals surface area contributed by atoms with Crippen molar-refractivity contribution in [3.63, 3.8) is 0 Å². The fourth-order valence-electron chi connectivity index (χ4n) is 3.76. The van der Waals surface area contributed by atoms with Gasteiger partial charge in [-0.2, -0.15) is 0 Å². The second-order valence-corrected chi connectivity index (χ2v) is 6.85. The SMILES string of the molecule is CC(C)C(CC(=O)O)NC(=O)N1CCCC1C1CCCC1. The zero-order valence-corrected chi connectivity index (χ0v) is 13.2. The van der Waals surface area contributed by atoms with E-state index in [0.717, 1.165) is 19.4 Å². The minimum atomic E-state index is -0.859. The molecule has 5 heteroatoms. The lowest BCUT2D eigenvalue weighted by Crippen LogP contribution is -2.50. The minimum absolute atomic E-state index is 0.00859. The molecule has 5 nitrogen and oxygen atoms in total. The number of hydrogen-bond acceptors (Lipinski definition) is 2. The summed E-state index contributed by atoms with van der Waals surface area (Å²) in [6.45, 7) is 4.71. The van der Waals surface area contributed by atoms with Crippen LogP contribution in [0.2, 0.25) is 0 Å². The molecule has 0 aromatic carbocycles. The van der Waals surface area contributed by atoms with E-state index in [-0.39, 0.29) is 24.4 Å². The average Bonchev–Trinajstić information content (AvgIpc) is 3.07. The molecule has 2 amide bonds. The number of hydrogen-bond donors (Lipinski definition) is 2. The number of likely N-dealkylation sites (tertiary alicyclic amines) is 1. The van der Waals surface area contributed by atoms with Gasteiger partial charge < -0.3 is 15.3 Å². The molecule has 2 aliphatic rings. The average molecular weight is 296 g/mol. The number of amides is 2. The van der Waals surface area contributed by atoms with Crippen LogP contribution in [-0.2, 0) is 4.79 Å². The Morgan fingerprint density at radius 3 is 2.43 bits per heavy atom. The Labute approximate surface area is 127 Å². The predicted octanol–water partition coefficient (Wildman–Crippen LogP) is 2.85. The molecule has 1 aliphatic carbocycles. The molecule has 1 aliphatic heterocycles. The van der Waals surface area contributed by atoms with Gasteiger partial charge in [-0.15, -0.1) is 0 Å². The van der Waals surface area contributed by atoms with E-state index in [4.69, 9.17) is 5.11 Å². The molecule has 0 spiro atoms. The minimum Gasteiger partial charge on any atom is -0.481 e. The van der Waals surface area contributed by atoms with Gasteiger partial charge in [0, 0.05) is 18.6 Å². The van der Waals surface area contributed by atoms with E-state index in [2.05, 4.69) is 5.32 Å². The summed E-state index contributed by atoms with van der Waals surface area (Å²) in [5.41, 5.74) is 0. The number of carboxylic acids is 1. The van der Waals surface area contributed by atoms with Gasteiger partial charge in [0.2, 0.25) is 0 Å². The first-order valence-electron chi connectivity index (χ1n) is 8.28. The normalized spacial score (nSPS) is 24.5. The van der Waals surface area contributed by atoms with Crippen molar-refractivity contribution >= 4 is 12.0 Å². The van der Waals surface area contributed by atoms with Crippen LogP contribution in [0.25, 0.3) is 0 Å². The second-order valence-electron chi connectivity index (χ2n) is 6.85. The molecule has 1 saturated carbocycles. The molecule has 1 saturated heterocycles. The van der Waals surface area contributed by atoms with Crippen molar-refractivity contribution in [2.45, 2.75) is 70.9 Å². The van der Waals surface area contributed by atoms with E-state index >= 15 is 0 Å². The third kappa shape index (κ3) is 4.11. The maximum absolute atomic E-state index is 12.5. The number of carboxylic acid groups (broad SMARTS) is 1. The molecule has 2 unspecified atom stereocenters. The molecule has 21 heavy (non-hydrogen) atoms. The molecule has 2 fully saturated rings. The van der Waals surface area contributed by atoms with Crippen molar-refractivity contribution in [1.82, 2.24) is 10.2 Å². The highest BCUT2D eigenvalue weighted by atomic mass is 16.4. The third-order valence-corrected chi connectivity index (χ3v) is 5.01. The van der Waals surface area contributed by atoms with Crippen LogP contribution in [0.5, 0.6) is 0 Å². The highest BCUT2D eigenvalue weighted by Gasteiger charge is 2.36. The van der Waals surface area contributed by atoms with Crippen LogP contribution in [0.1, 0.15) is 58.8 Å². The number of urea groups is 1. The van der Waals surface area contributed by atoms with Crippen LogP contribution in [0, 0.1) is 11.8 Å². The van der Waals surface area contributed by atoms with E-state index in [1.54, 1.807) is 0 Å². The Balaban J connectivity index is 1.95. The molecule has 2 N–H and O–H groups in total. The Kier molecular flexibility index (Phi) is 5.48. The summed E-state index contributed by atoms with van der Waals surface area (Å²) in [6, 6.07) is 0.00863. The molecule has 1 heterocycles. The molecule has 0 bridgehead atoms. The van der Waals surface area contributed by atoms with E-state index in [9.17, 15) is 9.59 Å².